The van der Waals surface area contributed by atoms with Gasteiger partial charge in [-0.25, -0.2) is 0 Å². The zero-order valence-corrected chi connectivity index (χ0v) is 20.0. The summed E-state index contributed by atoms with van der Waals surface area (Å²) in [5.41, 5.74) is 1.93. The summed E-state index contributed by atoms with van der Waals surface area (Å²) >= 11 is 12.5. The fraction of sp³-hybridized carbons (Fsp3) is 0.360. The van der Waals surface area contributed by atoms with Crippen LogP contribution in [0.15, 0.2) is 59.3 Å². The Morgan fingerprint density at radius 3 is 2.52 bits per heavy atom. The first kappa shape index (κ1) is 23.5. The monoisotopic (exact) mass is 485 g/mol. The lowest BCUT2D eigenvalue weighted by molar-refractivity contribution is -0.151. The molecular formula is C25H25Cl2N3O3. The minimum Gasteiger partial charge on any atom is -0.428 e. The van der Waals surface area contributed by atoms with E-state index in [4.69, 9.17) is 27.6 Å². The minimum atomic E-state index is -0.551. The standard InChI is InChI=1S/C25H25Cl2N3O3/c1-3-22(15(2)31)30-24(16-7-9-19(26)10-8-16)21(17-5-4-6-20(27)11-17)12-18(25(30)32)13-23-29-28-14-33-23/h4-11,14,18,21-22,24H,3,12-13H2,1-2H3/t18-,21-,22+,24-/m1/s1. The number of rotatable bonds is 7. The van der Waals surface area contributed by atoms with E-state index < -0.39 is 12.0 Å². The van der Waals surface area contributed by atoms with Crippen molar-refractivity contribution in [3.8, 4) is 0 Å². The number of hydrogen-bond acceptors (Lipinski definition) is 5. The molecule has 0 spiro atoms. The van der Waals surface area contributed by atoms with E-state index in [1.54, 1.807) is 4.90 Å². The summed E-state index contributed by atoms with van der Waals surface area (Å²) < 4.78 is 5.34. The maximum atomic E-state index is 13.9. The Hall–Kier alpha value is -2.70. The van der Waals surface area contributed by atoms with E-state index in [1.165, 1.54) is 13.3 Å². The van der Waals surface area contributed by atoms with Gasteiger partial charge in [-0.05, 0) is 55.2 Å². The summed E-state index contributed by atoms with van der Waals surface area (Å²) in [5, 5.41) is 8.96. The zero-order chi connectivity index (χ0) is 23.5. The third kappa shape index (κ3) is 4.97. The SMILES string of the molecule is CC[C@@H](C(C)=O)N1C(=O)[C@@H](Cc2nnco2)C[C@H](c2cccc(Cl)c2)[C@H]1c1ccc(Cl)cc1. The maximum Gasteiger partial charge on any atom is 0.227 e. The quantitative estimate of drug-likeness (QED) is 0.431. The van der Waals surface area contributed by atoms with Crippen LogP contribution in [0.2, 0.25) is 10.0 Å². The Morgan fingerprint density at radius 1 is 1.15 bits per heavy atom. The number of likely N-dealkylation sites (tertiary alicyclic amines) is 1. The van der Waals surface area contributed by atoms with E-state index in [9.17, 15) is 9.59 Å². The number of piperidine rings is 1. The molecule has 8 heteroatoms. The number of ketones is 1. The van der Waals surface area contributed by atoms with Gasteiger partial charge in [-0.3, -0.25) is 9.59 Å². The molecule has 6 nitrogen and oxygen atoms in total. The van der Waals surface area contributed by atoms with Crippen LogP contribution < -0.4 is 0 Å². The van der Waals surface area contributed by atoms with E-state index in [1.807, 2.05) is 55.5 Å². The lowest BCUT2D eigenvalue weighted by atomic mass is 9.74. The van der Waals surface area contributed by atoms with Gasteiger partial charge in [0.1, 0.15) is 0 Å². The molecule has 2 heterocycles. The second kappa shape index (κ2) is 10.1. The first-order valence-electron chi connectivity index (χ1n) is 11.0. The smallest absolute Gasteiger partial charge is 0.227 e. The second-order valence-electron chi connectivity index (χ2n) is 8.41. The first-order valence-corrected chi connectivity index (χ1v) is 11.7. The molecule has 1 aromatic heterocycles. The molecule has 1 saturated heterocycles. The number of carbonyl (C=O) groups is 2. The van der Waals surface area contributed by atoms with Crippen LogP contribution in [0.1, 0.15) is 55.7 Å². The molecule has 33 heavy (non-hydrogen) atoms. The third-order valence-corrected chi connectivity index (χ3v) is 6.82. The van der Waals surface area contributed by atoms with Crippen LogP contribution in [0.25, 0.3) is 0 Å². The van der Waals surface area contributed by atoms with Crippen molar-refractivity contribution in [3.63, 3.8) is 0 Å². The van der Waals surface area contributed by atoms with Crippen LogP contribution >= 0.6 is 23.2 Å². The van der Waals surface area contributed by atoms with Crippen molar-refractivity contribution in [2.24, 2.45) is 5.92 Å². The highest BCUT2D eigenvalue weighted by Gasteiger charge is 2.46. The van der Waals surface area contributed by atoms with Crippen molar-refractivity contribution < 1.29 is 14.0 Å². The summed E-state index contributed by atoms with van der Waals surface area (Å²) in [6, 6.07) is 14.3. The molecule has 1 aliphatic heterocycles. The van der Waals surface area contributed by atoms with E-state index in [0.29, 0.717) is 35.2 Å². The number of carbonyl (C=O) groups excluding carboxylic acids is 2. The van der Waals surface area contributed by atoms with Crippen molar-refractivity contribution in [2.75, 3.05) is 0 Å². The van der Waals surface area contributed by atoms with Gasteiger partial charge in [0.25, 0.3) is 0 Å². The molecular weight excluding hydrogens is 461 g/mol. The Morgan fingerprint density at radius 2 is 1.91 bits per heavy atom. The highest BCUT2D eigenvalue weighted by Crippen LogP contribution is 2.47. The number of aromatic nitrogens is 2. The normalized spacial score (nSPS) is 21.8. The zero-order valence-electron chi connectivity index (χ0n) is 18.4. The predicted molar refractivity (Wildman–Crippen MR) is 126 cm³/mol. The van der Waals surface area contributed by atoms with Gasteiger partial charge in [0, 0.05) is 28.3 Å². The van der Waals surface area contributed by atoms with Gasteiger partial charge in [-0.1, -0.05) is 54.4 Å². The number of benzene rings is 2. The molecule has 2 aromatic carbocycles. The summed E-state index contributed by atoms with van der Waals surface area (Å²) in [6.07, 6.45) is 2.64. The highest BCUT2D eigenvalue weighted by atomic mass is 35.5. The molecule has 0 radical (unpaired) electrons. The molecule has 0 saturated carbocycles. The molecule has 4 rings (SSSR count). The summed E-state index contributed by atoms with van der Waals surface area (Å²) in [4.78, 5) is 28.3. The molecule has 1 aliphatic rings. The summed E-state index contributed by atoms with van der Waals surface area (Å²) in [5.74, 6) is -0.240. The number of halogens is 2. The Bertz CT molecular complexity index is 1120. The molecule has 1 fully saturated rings. The van der Waals surface area contributed by atoms with Gasteiger partial charge < -0.3 is 9.32 Å². The van der Waals surface area contributed by atoms with Gasteiger partial charge in [-0.2, -0.15) is 0 Å². The number of hydrogen-bond donors (Lipinski definition) is 0. The fourth-order valence-electron chi connectivity index (χ4n) is 4.88. The predicted octanol–water partition coefficient (Wildman–Crippen LogP) is 5.66. The van der Waals surface area contributed by atoms with Crippen molar-refractivity contribution in [2.45, 2.75) is 51.1 Å². The van der Waals surface area contributed by atoms with Crippen molar-refractivity contribution in [3.05, 3.63) is 82.0 Å². The van der Waals surface area contributed by atoms with Crippen molar-refractivity contribution in [1.29, 1.82) is 0 Å². The van der Waals surface area contributed by atoms with E-state index in [-0.39, 0.29) is 23.7 Å². The number of nitrogens with zero attached hydrogens (tertiary/aromatic N) is 3. The van der Waals surface area contributed by atoms with Gasteiger partial charge in [0.15, 0.2) is 5.78 Å². The van der Waals surface area contributed by atoms with Crippen LogP contribution in [-0.2, 0) is 16.0 Å². The molecule has 0 bridgehead atoms. The highest BCUT2D eigenvalue weighted by molar-refractivity contribution is 6.30. The third-order valence-electron chi connectivity index (χ3n) is 6.33. The molecule has 0 N–H and O–H groups in total. The van der Waals surface area contributed by atoms with Gasteiger partial charge in [0.05, 0.1) is 12.1 Å². The molecule has 3 aromatic rings. The van der Waals surface area contributed by atoms with Crippen LogP contribution in [0, 0.1) is 5.92 Å². The Balaban J connectivity index is 1.86. The van der Waals surface area contributed by atoms with Crippen LogP contribution in [0.3, 0.4) is 0 Å². The molecule has 1 amide bonds. The van der Waals surface area contributed by atoms with Crippen molar-refractivity contribution >= 4 is 34.9 Å². The molecule has 0 aliphatic carbocycles. The van der Waals surface area contributed by atoms with E-state index >= 15 is 0 Å². The average Bonchev–Trinajstić information content (AvgIpc) is 3.30. The van der Waals surface area contributed by atoms with Gasteiger partial charge in [-0.15, -0.1) is 10.2 Å². The molecule has 0 unspecified atom stereocenters. The maximum absolute atomic E-state index is 13.9. The fourth-order valence-corrected chi connectivity index (χ4v) is 5.20. The van der Waals surface area contributed by atoms with Crippen LogP contribution in [0.4, 0.5) is 0 Å². The lowest BCUT2D eigenvalue weighted by Gasteiger charge is -2.47. The van der Waals surface area contributed by atoms with Crippen molar-refractivity contribution in [1.82, 2.24) is 15.1 Å². The minimum absolute atomic E-state index is 0.0481. The van der Waals surface area contributed by atoms with Crippen LogP contribution in [-0.4, -0.2) is 32.8 Å². The topological polar surface area (TPSA) is 76.3 Å². The van der Waals surface area contributed by atoms with E-state index in [2.05, 4.69) is 10.2 Å². The lowest BCUT2D eigenvalue weighted by Crippen LogP contribution is -2.54. The molecule has 172 valence electrons. The number of Topliss-reactive ketones (excluding diaryl/α,β-unsaturated/α-hetero) is 1. The van der Waals surface area contributed by atoms with Crippen LogP contribution in [0.5, 0.6) is 0 Å². The Kier molecular flexibility index (Phi) is 7.15. The summed E-state index contributed by atoms with van der Waals surface area (Å²) in [7, 11) is 0. The average molecular weight is 486 g/mol. The number of amides is 1. The Labute approximate surface area is 202 Å². The van der Waals surface area contributed by atoms with E-state index in [0.717, 1.165) is 11.1 Å². The second-order valence-corrected chi connectivity index (χ2v) is 9.28. The summed E-state index contributed by atoms with van der Waals surface area (Å²) in [6.45, 7) is 3.46. The first-order chi connectivity index (χ1) is 15.9. The van der Waals surface area contributed by atoms with Gasteiger partial charge in [0.2, 0.25) is 18.2 Å². The van der Waals surface area contributed by atoms with Gasteiger partial charge >= 0.3 is 0 Å². The molecule has 4 atom stereocenters. The largest absolute Gasteiger partial charge is 0.428 e.